The van der Waals surface area contributed by atoms with Crippen LogP contribution in [0.2, 0.25) is 10.0 Å². The molecular formula is C22H26Cl2N2O3S. The van der Waals surface area contributed by atoms with E-state index in [0.717, 1.165) is 31.2 Å². The average Bonchev–Trinajstić information content (AvgIpc) is 2.98. The number of carbonyl (C=O) groups excluding carboxylic acids is 1. The first-order valence-corrected chi connectivity index (χ1v) is 12.4. The van der Waals surface area contributed by atoms with Crippen molar-refractivity contribution in [3.8, 4) is 0 Å². The monoisotopic (exact) mass is 468 g/mol. The SMILES string of the molecule is O=C(NC1CCCCCC1)[C@H](Cc1ccccc1)NS(=O)(=O)c1cc(Cl)ccc1Cl. The van der Waals surface area contributed by atoms with Crippen molar-refractivity contribution in [2.45, 2.75) is 61.9 Å². The number of hydrogen-bond acceptors (Lipinski definition) is 3. The molecule has 2 N–H and O–H groups in total. The van der Waals surface area contributed by atoms with Gasteiger partial charge in [0.1, 0.15) is 10.9 Å². The van der Waals surface area contributed by atoms with Gasteiger partial charge in [-0.1, -0.05) is 79.2 Å². The molecule has 1 aliphatic carbocycles. The van der Waals surface area contributed by atoms with Gasteiger partial charge >= 0.3 is 0 Å². The third kappa shape index (κ3) is 6.45. The molecule has 30 heavy (non-hydrogen) atoms. The maximum absolute atomic E-state index is 13.1. The molecule has 0 unspecified atom stereocenters. The van der Waals surface area contributed by atoms with Crippen LogP contribution in [0.1, 0.15) is 44.1 Å². The second-order valence-electron chi connectivity index (χ2n) is 7.64. The van der Waals surface area contributed by atoms with E-state index in [-0.39, 0.29) is 33.3 Å². The van der Waals surface area contributed by atoms with E-state index in [2.05, 4.69) is 10.0 Å². The van der Waals surface area contributed by atoms with E-state index in [0.29, 0.717) is 0 Å². The highest BCUT2D eigenvalue weighted by Gasteiger charge is 2.29. The van der Waals surface area contributed by atoms with Crippen molar-refractivity contribution >= 4 is 39.1 Å². The lowest BCUT2D eigenvalue weighted by molar-refractivity contribution is -0.123. The van der Waals surface area contributed by atoms with Crippen molar-refractivity contribution in [1.82, 2.24) is 10.0 Å². The predicted molar refractivity (Wildman–Crippen MR) is 120 cm³/mol. The smallest absolute Gasteiger partial charge is 0.242 e. The van der Waals surface area contributed by atoms with Gasteiger partial charge in [0.05, 0.1) is 5.02 Å². The van der Waals surface area contributed by atoms with E-state index in [1.807, 2.05) is 30.3 Å². The highest BCUT2D eigenvalue weighted by atomic mass is 35.5. The summed E-state index contributed by atoms with van der Waals surface area (Å²) in [5.74, 6) is -0.326. The van der Waals surface area contributed by atoms with E-state index in [9.17, 15) is 13.2 Å². The van der Waals surface area contributed by atoms with Crippen LogP contribution in [-0.4, -0.2) is 26.4 Å². The van der Waals surface area contributed by atoms with Crippen LogP contribution in [0.3, 0.4) is 0 Å². The van der Waals surface area contributed by atoms with E-state index < -0.39 is 16.1 Å². The summed E-state index contributed by atoms with van der Waals surface area (Å²) in [5, 5.41) is 3.36. The van der Waals surface area contributed by atoms with Gasteiger partial charge in [0.15, 0.2) is 0 Å². The lowest BCUT2D eigenvalue weighted by atomic mass is 10.0. The number of nitrogens with one attached hydrogen (secondary N) is 2. The Labute approximate surface area is 188 Å². The number of benzene rings is 2. The van der Waals surface area contributed by atoms with Crippen LogP contribution in [0.15, 0.2) is 53.4 Å². The van der Waals surface area contributed by atoms with Crippen LogP contribution in [-0.2, 0) is 21.2 Å². The van der Waals surface area contributed by atoms with E-state index in [1.165, 1.54) is 31.0 Å². The van der Waals surface area contributed by atoms with Gasteiger partial charge in [-0.15, -0.1) is 0 Å². The summed E-state index contributed by atoms with van der Waals surface area (Å²) in [4.78, 5) is 13.0. The Morgan fingerprint density at radius 1 is 1.00 bits per heavy atom. The molecule has 1 fully saturated rings. The van der Waals surface area contributed by atoms with Gasteiger partial charge in [0, 0.05) is 11.1 Å². The Morgan fingerprint density at radius 2 is 1.67 bits per heavy atom. The van der Waals surface area contributed by atoms with Crippen molar-refractivity contribution in [2.24, 2.45) is 0 Å². The highest BCUT2D eigenvalue weighted by molar-refractivity contribution is 7.89. The molecule has 1 aliphatic rings. The zero-order valence-electron chi connectivity index (χ0n) is 16.6. The Balaban J connectivity index is 1.83. The molecule has 0 aromatic heterocycles. The van der Waals surface area contributed by atoms with Gasteiger partial charge in [-0.3, -0.25) is 4.79 Å². The normalized spacial score (nSPS) is 16.6. The molecule has 2 aromatic carbocycles. The van der Waals surface area contributed by atoms with Crippen molar-refractivity contribution in [3.63, 3.8) is 0 Å². The quantitative estimate of drug-likeness (QED) is 0.577. The zero-order valence-corrected chi connectivity index (χ0v) is 18.9. The van der Waals surface area contributed by atoms with E-state index in [4.69, 9.17) is 23.2 Å². The molecule has 0 saturated heterocycles. The third-order valence-electron chi connectivity index (χ3n) is 5.28. The molecule has 0 aliphatic heterocycles. The van der Waals surface area contributed by atoms with Gasteiger partial charge in [0.2, 0.25) is 15.9 Å². The number of carbonyl (C=O) groups is 1. The van der Waals surface area contributed by atoms with Crippen LogP contribution >= 0.6 is 23.2 Å². The third-order valence-corrected chi connectivity index (χ3v) is 7.47. The molecule has 0 bridgehead atoms. The van der Waals surface area contributed by atoms with Gasteiger partial charge < -0.3 is 5.32 Å². The Bertz CT molecular complexity index is 960. The van der Waals surface area contributed by atoms with Crippen LogP contribution in [0, 0.1) is 0 Å². The Hall–Kier alpha value is -1.60. The fraction of sp³-hybridized carbons (Fsp3) is 0.409. The van der Waals surface area contributed by atoms with Gasteiger partial charge in [0.25, 0.3) is 0 Å². The molecule has 1 amide bonds. The van der Waals surface area contributed by atoms with Crippen molar-refractivity contribution < 1.29 is 13.2 Å². The molecule has 2 aromatic rings. The fourth-order valence-corrected chi connectivity index (χ4v) is 5.65. The highest BCUT2D eigenvalue weighted by Crippen LogP contribution is 2.25. The van der Waals surface area contributed by atoms with E-state index in [1.54, 1.807) is 0 Å². The predicted octanol–water partition coefficient (Wildman–Crippen LogP) is 4.72. The fourth-order valence-electron chi connectivity index (χ4n) is 3.70. The minimum Gasteiger partial charge on any atom is -0.352 e. The Morgan fingerprint density at radius 3 is 2.33 bits per heavy atom. The lowest BCUT2D eigenvalue weighted by Crippen LogP contribution is -2.50. The second-order valence-corrected chi connectivity index (χ2v) is 10.2. The molecule has 0 heterocycles. The first-order valence-electron chi connectivity index (χ1n) is 10.2. The number of hydrogen-bond donors (Lipinski definition) is 2. The van der Waals surface area contributed by atoms with Crippen molar-refractivity contribution in [1.29, 1.82) is 0 Å². The topological polar surface area (TPSA) is 75.3 Å². The number of rotatable bonds is 7. The lowest BCUT2D eigenvalue weighted by Gasteiger charge is -2.23. The average molecular weight is 469 g/mol. The summed E-state index contributed by atoms with van der Waals surface area (Å²) in [7, 11) is -4.05. The summed E-state index contributed by atoms with van der Waals surface area (Å²) in [6.07, 6.45) is 6.53. The van der Waals surface area contributed by atoms with Gasteiger partial charge in [-0.2, -0.15) is 4.72 Å². The van der Waals surface area contributed by atoms with Crippen LogP contribution < -0.4 is 10.0 Å². The molecule has 1 saturated carbocycles. The first kappa shape index (κ1) is 23.1. The molecule has 3 rings (SSSR count). The van der Waals surface area contributed by atoms with Crippen LogP contribution in [0.5, 0.6) is 0 Å². The van der Waals surface area contributed by atoms with Crippen molar-refractivity contribution in [2.75, 3.05) is 0 Å². The molecule has 0 radical (unpaired) electrons. The van der Waals surface area contributed by atoms with Crippen molar-refractivity contribution in [3.05, 3.63) is 64.1 Å². The molecule has 5 nitrogen and oxygen atoms in total. The molecule has 0 spiro atoms. The minimum absolute atomic E-state index is 0.0505. The van der Waals surface area contributed by atoms with E-state index >= 15 is 0 Å². The molecule has 8 heteroatoms. The standard InChI is InChI=1S/C22H26Cl2N2O3S/c23-17-12-13-19(24)21(15-17)30(28,29)26-20(14-16-8-4-3-5-9-16)22(27)25-18-10-6-1-2-7-11-18/h3-5,8-9,12-13,15,18,20,26H,1-2,6-7,10-11,14H2,(H,25,27)/t20-/m0/s1. The summed E-state index contributed by atoms with van der Waals surface area (Å²) >= 11 is 12.1. The van der Waals surface area contributed by atoms with Crippen LogP contribution in [0.25, 0.3) is 0 Å². The summed E-state index contributed by atoms with van der Waals surface area (Å²) in [5.41, 5.74) is 0.860. The maximum Gasteiger partial charge on any atom is 0.242 e. The maximum atomic E-state index is 13.1. The molecule has 162 valence electrons. The molecular weight excluding hydrogens is 443 g/mol. The number of sulfonamides is 1. The minimum atomic E-state index is -4.05. The van der Waals surface area contributed by atoms with Gasteiger partial charge in [-0.25, -0.2) is 8.42 Å². The molecule has 1 atom stereocenters. The number of amides is 1. The van der Waals surface area contributed by atoms with Crippen LogP contribution in [0.4, 0.5) is 0 Å². The summed E-state index contributed by atoms with van der Waals surface area (Å²) < 4.78 is 28.6. The Kier molecular flexibility index (Phi) is 8.17. The summed E-state index contributed by atoms with van der Waals surface area (Å²) in [6.45, 7) is 0. The largest absolute Gasteiger partial charge is 0.352 e. The second kappa shape index (κ2) is 10.6. The van der Waals surface area contributed by atoms with Gasteiger partial charge in [-0.05, 0) is 43.0 Å². The first-order chi connectivity index (χ1) is 14.3. The number of halogens is 2. The summed E-state index contributed by atoms with van der Waals surface area (Å²) in [6, 6.07) is 12.7. The zero-order chi connectivity index (χ0) is 21.6.